The standard InChI is InChI=1S/C26H22N2O2/c1-18-12-14-21(15-13-18)28-25(17-24(27-28)20-10-6-3-7-11-20)30-26(29)23-16-22(23)19-8-4-2-5-9-19/h2-15,17,22-23H,16H2,1H3/t22-,23+/m1/s1. The van der Waals surface area contributed by atoms with Gasteiger partial charge in [-0.25, -0.2) is 4.68 Å². The second-order valence-electron chi connectivity index (χ2n) is 7.76. The lowest BCUT2D eigenvalue weighted by Crippen LogP contribution is -2.14. The molecule has 0 bridgehead atoms. The van der Waals surface area contributed by atoms with E-state index in [-0.39, 0.29) is 17.8 Å². The van der Waals surface area contributed by atoms with Crippen LogP contribution in [0, 0.1) is 12.8 Å². The smallest absolute Gasteiger partial charge is 0.316 e. The van der Waals surface area contributed by atoms with Crippen molar-refractivity contribution in [2.45, 2.75) is 19.3 Å². The van der Waals surface area contributed by atoms with Crippen LogP contribution in [0.25, 0.3) is 16.9 Å². The third kappa shape index (κ3) is 3.64. The summed E-state index contributed by atoms with van der Waals surface area (Å²) in [6.45, 7) is 2.04. The van der Waals surface area contributed by atoms with Gasteiger partial charge in [0.15, 0.2) is 0 Å². The highest BCUT2D eigenvalue weighted by Crippen LogP contribution is 2.48. The van der Waals surface area contributed by atoms with Crippen molar-refractivity contribution in [2.75, 3.05) is 0 Å². The minimum atomic E-state index is -0.197. The predicted octanol–water partition coefficient (Wildman–Crippen LogP) is 5.56. The molecule has 1 saturated carbocycles. The van der Waals surface area contributed by atoms with Gasteiger partial charge in [-0.05, 0) is 37.0 Å². The molecule has 2 atom stereocenters. The van der Waals surface area contributed by atoms with Gasteiger partial charge in [0, 0.05) is 11.6 Å². The minimum absolute atomic E-state index is 0.103. The number of aromatic nitrogens is 2. The van der Waals surface area contributed by atoms with Crippen molar-refractivity contribution in [3.8, 4) is 22.8 Å². The second kappa shape index (κ2) is 7.64. The van der Waals surface area contributed by atoms with Crippen molar-refractivity contribution < 1.29 is 9.53 Å². The van der Waals surface area contributed by atoms with Crippen LogP contribution in [0.1, 0.15) is 23.5 Å². The molecular weight excluding hydrogens is 372 g/mol. The van der Waals surface area contributed by atoms with E-state index in [4.69, 9.17) is 9.84 Å². The molecular formula is C26H22N2O2. The van der Waals surface area contributed by atoms with Crippen LogP contribution in [-0.4, -0.2) is 15.7 Å². The van der Waals surface area contributed by atoms with Gasteiger partial charge in [0.25, 0.3) is 0 Å². The maximum atomic E-state index is 12.9. The first-order valence-electron chi connectivity index (χ1n) is 10.2. The quantitative estimate of drug-likeness (QED) is 0.417. The number of esters is 1. The number of nitrogens with zero attached hydrogens (tertiary/aromatic N) is 2. The van der Waals surface area contributed by atoms with Gasteiger partial charge in [0.2, 0.25) is 5.88 Å². The normalized spacial score (nSPS) is 17.5. The van der Waals surface area contributed by atoms with E-state index >= 15 is 0 Å². The van der Waals surface area contributed by atoms with E-state index in [1.165, 1.54) is 5.56 Å². The van der Waals surface area contributed by atoms with E-state index in [1.54, 1.807) is 4.68 Å². The van der Waals surface area contributed by atoms with Crippen LogP contribution < -0.4 is 4.74 Å². The van der Waals surface area contributed by atoms with Crippen molar-refractivity contribution >= 4 is 5.97 Å². The summed E-state index contributed by atoms with van der Waals surface area (Å²) in [5, 5.41) is 4.73. The summed E-state index contributed by atoms with van der Waals surface area (Å²) in [4.78, 5) is 12.9. The van der Waals surface area contributed by atoms with Gasteiger partial charge in [0.05, 0.1) is 17.3 Å². The van der Waals surface area contributed by atoms with E-state index < -0.39 is 0 Å². The first-order valence-corrected chi connectivity index (χ1v) is 10.2. The van der Waals surface area contributed by atoms with E-state index in [2.05, 4.69) is 12.1 Å². The van der Waals surface area contributed by atoms with Crippen LogP contribution in [0.3, 0.4) is 0 Å². The molecule has 1 aliphatic rings. The summed E-state index contributed by atoms with van der Waals surface area (Å²) in [5.41, 5.74) is 4.97. The van der Waals surface area contributed by atoms with E-state index in [0.717, 1.165) is 28.9 Å². The zero-order valence-electron chi connectivity index (χ0n) is 16.7. The average molecular weight is 394 g/mol. The minimum Gasteiger partial charge on any atom is -0.407 e. The Bertz CT molecular complexity index is 1160. The van der Waals surface area contributed by atoms with Gasteiger partial charge in [-0.1, -0.05) is 78.4 Å². The number of carbonyl (C=O) groups is 1. The molecule has 30 heavy (non-hydrogen) atoms. The maximum Gasteiger partial charge on any atom is 0.316 e. The molecule has 0 radical (unpaired) electrons. The number of aryl methyl sites for hydroxylation is 1. The van der Waals surface area contributed by atoms with Gasteiger partial charge < -0.3 is 4.74 Å². The summed E-state index contributed by atoms with van der Waals surface area (Å²) < 4.78 is 7.58. The molecule has 4 aromatic rings. The van der Waals surface area contributed by atoms with Crippen LogP contribution in [0.15, 0.2) is 91.0 Å². The summed E-state index contributed by atoms with van der Waals surface area (Å²) in [6, 6.07) is 29.9. The lowest BCUT2D eigenvalue weighted by atomic mass is 10.1. The molecule has 0 spiro atoms. The van der Waals surface area contributed by atoms with Gasteiger partial charge in [-0.2, -0.15) is 5.10 Å². The van der Waals surface area contributed by atoms with Crippen molar-refractivity contribution in [1.29, 1.82) is 0 Å². The maximum absolute atomic E-state index is 12.9. The Kier molecular flexibility index (Phi) is 4.68. The first-order chi connectivity index (χ1) is 14.7. The van der Waals surface area contributed by atoms with Crippen LogP contribution in [-0.2, 0) is 4.79 Å². The molecule has 1 aliphatic carbocycles. The number of hydrogen-bond donors (Lipinski definition) is 0. The molecule has 1 fully saturated rings. The second-order valence-corrected chi connectivity index (χ2v) is 7.76. The Hall–Kier alpha value is -3.66. The lowest BCUT2D eigenvalue weighted by Gasteiger charge is -2.08. The number of carbonyl (C=O) groups excluding carboxylic acids is 1. The first kappa shape index (κ1) is 18.4. The molecule has 3 aromatic carbocycles. The van der Waals surface area contributed by atoms with Crippen LogP contribution in [0.2, 0.25) is 0 Å². The predicted molar refractivity (Wildman–Crippen MR) is 117 cm³/mol. The zero-order chi connectivity index (χ0) is 20.5. The molecule has 0 aliphatic heterocycles. The molecule has 4 nitrogen and oxygen atoms in total. The van der Waals surface area contributed by atoms with Gasteiger partial charge >= 0.3 is 5.97 Å². The highest BCUT2D eigenvalue weighted by molar-refractivity contribution is 5.80. The third-order valence-corrected chi connectivity index (χ3v) is 5.55. The van der Waals surface area contributed by atoms with Crippen LogP contribution in [0.4, 0.5) is 0 Å². The van der Waals surface area contributed by atoms with E-state index in [0.29, 0.717) is 5.88 Å². The molecule has 1 heterocycles. The zero-order valence-corrected chi connectivity index (χ0v) is 16.7. The van der Waals surface area contributed by atoms with E-state index in [1.807, 2.05) is 85.8 Å². The molecule has 148 valence electrons. The number of hydrogen-bond acceptors (Lipinski definition) is 3. The fourth-order valence-corrected chi connectivity index (χ4v) is 3.76. The van der Waals surface area contributed by atoms with Crippen molar-refractivity contribution in [3.05, 3.63) is 102 Å². The molecule has 4 heteroatoms. The topological polar surface area (TPSA) is 44.1 Å². The van der Waals surface area contributed by atoms with Crippen molar-refractivity contribution in [1.82, 2.24) is 9.78 Å². The van der Waals surface area contributed by atoms with Gasteiger partial charge in [-0.3, -0.25) is 4.79 Å². The molecule has 0 saturated heterocycles. The monoisotopic (exact) mass is 394 g/mol. The molecule has 0 amide bonds. The van der Waals surface area contributed by atoms with Crippen LogP contribution in [0.5, 0.6) is 5.88 Å². The number of rotatable bonds is 5. The van der Waals surface area contributed by atoms with E-state index in [9.17, 15) is 4.79 Å². The Morgan fingerprint density at radius 3 is 2.30 bits per heavy atom. The van der Waals surface area contributed by atoms with Crippen molar-refractivity contribution in [2.24, 2.45) is 5.92 Å². The largest absolute Gasteiger partial charge is 0.407 e. The van der Waals surface area contributed by atoms with Gasteiger partial charge in [0.1, 0.15) is 0 Å². The van der Waals surface area contributed by atoms with Gasteiger partial charge in [-0.15, -0.1) is 0 Å². The molecule has 0 N–H and O–H groups in total. The Morgan fingerprint density at radius 2 is 1.60 bits per heavy atom. The summed E-state index contributed by atoms with van der Waals surface area (Å²) in [6.07, 6.45) is 0.826. The number of benzene rings is 3. The summed E-state index contributed by atoms with van der Waals surface area (Å²) >= 11 is 0. The SMILES string of the molecule is Cc1ccc(-n2nc(-c3ccccc3)cc2OC(=O)[C@H]2C[C@@H]2c2ccccc2)cc1. The highest BCUT2D eigenvalue weighted by atomic mass is 16.5. The summed E-state index contributed by atoms with van der Waals surface area (Å²) in [5.74, 6) is 0.384. The Labute approximate surface area is 175 Å². The number of ether oxygens (including phenoxy) is 1. The Morgan fingerprint density at radius 1 is 0.933 bits per heavy atom. The molecule has 5 rings (SSSR count). The molecule has 0 unspecified atom stereocenters. The fourth-order valence-electron chi connectivity index (χ4n) is 3.76. The Balaban J connectivity index is 1.44. The fraction of sp³-hybridized carbons (Fsp3) is 0.154. The lowest BCUT2D eigenvalue weighted by molar-refractivity contribution is -0.136. The van der Waals surface area contributed by atoms with Crippen molar-refractivity contribution in [3.63, 3.8) is 0 Å². The van der Waals surface area contributed by atoms with Crippen LogP contribution >= 0.6 is 0 Å². The third-order valence-electron chi connectivity index (χ3n) is 5.55. The highest BCUT2D eigenvalue weighted by Gasteiger charge is 2.45. The average Bonchev–Trinajstić information content (AvgIpc) is 3.50. The summed E-state index contributed by atoms with van der Waals surface area (Å²) in [7, 11) is 0. The molecule has 1 aromatic heterocycles.